The van der Waals surface area contributed by atoms with E-state index in [1.165, 1.54) is 5.56 Å². The Kier molecular flexibility index (Phi) is 2.99. The van der Waals surface area contributed by atoms with Crippen molar-refractivity contribution in [2.45, 2.75) is 0 Å². The first kappa shape index (κ1) is 11.2. The summed E-state index contributed by atoms with van der Waals surface area (Å²) in [4.78, 5) is 0. The molecular formula is C15H11BrN2. The molecule has 0 aliphatic heterocycles. The maximum absolute atomic E-state index is 4.41. The molecule has 0 fully saturated rings. The van der Waals surface area contributed by atoms with Gasteiger partial charge < -0.3 is 0 Å². The van der Waals surface area contributed by atoms with Gasteiger partial charge in [-0.05, 0) is 33.6 Å². The first-order valence-electron chi connectivity index (χ1n) is 5.69. The molecule has 0 saturated heterocycles. The van der Waals surface area contributed by atoms with Crippen LogP contribution in [0, 0.1) is 0 Å². The summed E-state index contributed by atoms with van der Waals surface area (Å²) >= 11 is 3.54. The van der Waals surface area contributed by atoms with Crippen molar-refractivity contribution in [2.24, 2.45) is 0 Å². The second-order valence-electron chi connectivity index (χ2n) is 3.99. The number of rotatable bonds is 2. The van der Waals surface area contributed by atoms with E-state index < -0.39 is 0 Å². The van der Waals surface area contributed by atoms with Gasteiger partial charge in [-0.25, -0.2) is 4.68 Å². The van der Waals surface area contributed by atoms with E-state index in [1.54, 1.807) is 0 Å². The van der Waals surface area contributed by atoms with Gasteiger partial charge in [-0.3, -0.25) is 0 Å². The minimum absolute atomic E-state index is 1.03. The second kappa shape index (κ2) is 4.78. The van der Waals surface area contributed by atoms with Gasteiger partial charge in [0.25, 0.3) is 0 Å². The van der Waals surface area contributed by atoms with Crippen LogP contribution in [0.25, 0.3) is 16.8 Å². The van der Waals surface area contributed by atoms with E-state index in [0.29, 0.717) is 0 Å². The Balaban J connectivity index is 2.03. The summed E-state index contributed by atoms with van der Waals surface area (Å²) in [7, 11) is 0. The molecule has 2 nitrogen and oxygen atoms in total. The number of benzene rings is 2. The number of hydrogen-bond acceptors (Lipinski definition) is 1. The highest BCUT2D eigenvalue weighted by Gasteiger charge is 2.05. The molecule has 3 rings (SSSR count). The van der Waals surface area contributed by atoms with E-state index >= 15 is 0 Å². The maximum Gasteiger partial charge on any atom is 0.0787 e. The summed E-state index contributed by atoms with van der Waals surface area (Å²) in [6.45, 7) is 0. The van der Waals surface area contributed by atoms with Gasteiger partial charge in [-0.1, -0.05) is 42.5 Å². The van der Waals surface area contributed by atoms with Crippen molar-refractivity contribution < 1.29 is 0 Å². The highest BCUT2D eigenvalue weighted by Crippen LogP contribution is 2.23. The largest absolute Gasteiger partial charge is 0.239 e. The van der Waals surface area contributed by atoms with Gasteiger partial charge in [0.15, 0.2) is 0 Å². The predicted octanol–water partition coefficient (Wildman–Crippen LogP) is 4.30. The summed E-state index contributed by atoms with van der Waals surface area (Å²) in [5.41, 5.74) is 3.34. The molecule has 0 aliphatic rings. The van der Waals surface area contributed by atoms with Crippen LogP contribution in [-0.2, 0) is 0 Å². The average molecular weight is 299 g/mol. The molecule has 0 amide bonds. The van der Waals surface area contributed by atoms with Crippen molar-refractivity contribution in [3.8, 4) is 16.8 Å². The van der Waals surface area contributed by atoms with E-state index in [-0.39, 0.29) is 0 Å². The lowest BCUT2D eigenvalue weighted by Crippen LogP contribution is -1.94. The van der Waals surface area contributed by atoms with Crippen LogP contribution < -0.4 is 0 Å². The van der Waals surface area contributed by atoms with Crippen molar-refractivity contribution in [3.63, 3.8) is 0 Å². The first-order chi connectivity index (χ1) is 8.84. The number of para-hydroxylation sites is 1. The molecule has 0 spiro atoms. The zero-order valence-electron chi connectivity index (χ0n) is 9.62. The highest BCUT2D eigenvalue weighted by molar-refractivity contribution is 9.10. The molecule has 3 aromatic rings. The Hall–Kier alpha value is -1.87. The summed E-state index contributed by atoms with van der Waals surface area (Å²) in [6, 6.07) is 18.3. The van der Waals surface area contributed by atoms with Gasteiger partial charge in [0.05, 0.1) is 11.9 Å². The van der Waals surface area contributed by atoms with Crippen molar-refractivity contribution in [3.05, 3.63) is 71.5 Å². The lowest BCUT2D eigenvalue weighted by atomic mass is 10.1. The summed E-state index contributed by atoms with van der Waals surface area (Å²) in [6.07, 6.45) is 3.92. The maximum atomic E-state index is 4.41. The van der Waals surface area contributed by atoms with Crippen molar-refractivity contribution in [2.75, 3.05) is 0 Å². The van der Waals surface area contributed by atoms with Gasteiger partial charge in [-0.15, -0.1) is 0 Å². The molecule has 0 unspecified atom stereocenters. The van der Waals surface area contributed by atoms with Crippen molar-refractivity contribution in [1.29, 1.82) is 0 Å². The lowest BCUT2D eigenvalue weighted by Gasteiger charge is -2.03. The SMILES string of the molecule is Brc1ccccc1-n1cc(-c2ccccc2)cn1. The quantitative estimate of drug-likeness (QED) is 0.690. The second-order valence-corrected chi connectivity index (χ2v) is 4.85. The molecule has 0 N–H and O–H groups in total. The molecule has 2 aromatic carbocycles. The lowest BCUT2D eigenvalue weighted by molar-refractivity contribution is 0.876. The van der Waals surface area contributed by atoms with E-state index in [4.69, 9.17) is 0 Å². The van der Waals surface area contributed by atoms with Crippen LogP contribution in [0.4, 0.5) is 0 Å². The molecule has 0 saturated carbocycles. The number of halogens is 1. The fourth-order valence-corrected chi connectivity index (χ4v) is 2.34. The minimum Gasteiger partial charge on any atom is -0.239 e. The molecule has 0 atom stereocenters. The van der Waals surface area contributed by atoms with Gasteiger partial charge in [0.1, 0.15) is 0 Å². The number of nitrogens with zero attached hydrogens (tertiary/aromatic N) is 2. The Morgan fingerprint density at radius 3 is 2.33 bits per heavy atom. The molecule has 0 bridgehead atoms. The molecule has 3 heteroatoms. The summed E-state index contributed by atoms with van der Waals surface area (Å²) in [5.74, 6) is 0. The van der Waals surface area contributed by atoms with Gasteiger partial charge in [0, 0.05) is 16.2 Å². The Morgan fingerprint density at radius 1 is 0.833 bits per heavy atom. The highest BCUT2D eigenvalue weighted by atomic mass is 79.9. The third kappa shape index (κ3) is 2.09. The van der Waals surface area contributed by atoms with Crippen LogP contribution in [0.1, 0.15) is 0 Å². The van der Waals surface area contributed by atoms with Gasteiger partial charge in [0.2, 0.25) is 0 Å². The third-order valence-electron chi connectivity index (χ3n) is 2.79. The normalized spacial score (nSPS) is 10.5. The number of aromatic nitrogens is 2. The Labute approximate surface area is 114 Å². The smallest absolute Gasteiger partial charge is 0.0787 e. The Bertz CT molecular complexity index is 659. The number of hydrogen-bond donors (Lipinski definition) is 0. The fraction of sp³-hybridized carbons (Fsp3) is 0. The fourth-order valence-electron chi connectivity index (χ4n) is 1.87. The summed E-state index contributed by atoms with van der Waals surface area (Å²) < 4.78 is 2.92. The van der Waals surface area contributed by atoms with E-state index in [2.05, 4.69) is 33.2 Å². The van der Waals surface area contributed by atoms with Crippen LogP contribution in [0.5, 0.6) is 0 Å². The molecule has 1 aromatic heterocycles. The van der Waals surface area contributed by atoms with Crippen molar-refractivity contribution >= 4 is 15.9 Å². The Morgan fingerprint density at radius 2 is 1.56 bits per heavy atom. The molecule has 0 aliphatic carbocycles. The molecule has 18 heavy (non-hydrogen) atoms. The van der Waals surface area contributed by atoms with E-state index in [0.717, 1.165) is 15.7 Å². The van der Waals surface area contributed by atoms with Gasteiger partial charge >= 0.3 is 0 Å². The molecule has 0 radical (unpaired) electrons. The van der Waals surface area contributed by atoms with Crippen LogP contribution in [0.15, 0.2) is 71.5 Å². The van der Waals surface area contributed by atoms with Crippen LogP contribution >= 0.6 is 15.9 Å². The van der Waals surface area contributed by atoms with Crippen LogP contribution in [0.3, 0.4) is 0 Å². The standard InChI is InChI=1S/C15H11BrN2/c16-14-8-4-5-9-15(14)18-11-13(10-17-18)12-6-2-1-3-7-12/h1-11H. The third-order valence-corrected chi connectivity index (χ3v) is 3.46. The van der Waals surface area contributed by atoms with Gasteiger partial charge in [-0.2, -0.15) is 5.10 Å². The predicted molar refractivity (Wildman–Crippen MR) is 76.7 cm³/mol. The topological polar surface area (TPSA) is 17.8 Å². The monoisotopic (exact) mass is 298 g/mol. The van der Waals surface area contributed by atoms with Crippen molar-refractivity contribution in [1.82, 2.24) is 9.78 Å². The van der Waals surface area contributed by atoms with E-state index in [9.17, 15) is 0 Å². The molecular weight excluding hydrogens is 288 g/mol. The molecule has 88 valence electrons. The molecule has 1 heterocycles. The minimum atomic E-state index is 1.03. The zero-order valence-corrected chi connectivity index (χ0v) is 11.2. The van der Waals surface area contributed by atoms with Crippen LogP contribution in [0.2, 0.25) is 0 Å². The zero-order chi connectivity index (χ0) is 12.4. The van der Waals surface area contributed by atoms with Crippen LogP contribution in [-0.4, -0.2) is 9.78 Å². The van der Waals surface area contributed by atoms with E-state index in [1.807, 2.05) is 59.5 Å². The first-order valence-corrected chi connectivity index (χ1v) is 6.49. The summed E-state index contributed by atoms with van der Waals surface area (Å²) in [5, 5.41) is 4.41. The average Bonchev–Trinajstić information content (AvgIpc) is 2.90.